The summed E-state index contributed by atoms with van der Waals surface area (Å²) in [6.07, 6.45) is -0.286. The van der Waals surface area contributed by atoms with Gasteiger partial charge in [-0.05, 0) is 39.0 Å². The minimum absolute atomic E-state index is 0.187. The SMILES string of the molecule is COc1ccc(-c2nnc(C)o2)cc1C1CN(C(=O)OC(C)(C)C)C1. The molecule has 0 unspecified atom stereocenters. The molecule has 0 N–H and O–H groups in total. The lowest BCUT2D eigenvalue weighted by molar-refractivity contribution is 0.00801. The lowest BCUT2D eigenvalue weighted by atomic mass is 9.90. The quantitative estimate of drug-likeness (QED) is 0.848. The Kier molecular flexibility index (Phi) is 4.41. The molecule has 2 heterocycles. The summed E-state index contributed by atoms with van der Waals surface area (Å²) >= 11 is 0. The maximum absolute atomic E-state index is 12.1. The monoisotopic (exact) mass is 345 g/mol. The van der Waals surface area contributed by atoms with Crippen molar-refractivity contribution in [1.29, 1.82) is 0 Å². The number of aryl methyl sites for hydroxylation is 1. The number of likely N-dealkylation sites (tertiary alicyclic amines) is 1. The second kappa shape index (κ2) is 6.38. The van der Waals surface area contributed by atoms with Gasteiger partial charge in [0.1, 0.15) is 11.4 Å². The van der Waals surface area contributed by atoms with Crippen LogP contribution in [0.2, 0.25) is 0 Å². The standard InChI is InChI=1S/C18H23N3O4/c1-11-19-20-16(24-11)12-6-7-15(23-5)14(8-12)13-9-21(10-13)17(22)25-18(2,3)4/h6-8,13H,9-10H2,1-5H3. The Bertz CT molecular complexity index is 773. The third-order valence-electron chi connectivity index (χ3n) is 3.98. The van der Waals surface area contributed by atoms with Crippen LogP contribution in [0, 0.1) is 6.92 Å². The summed E-state index contributed by atoms with van der Waals surface area (Å²) < 4.78 is 16.4. The van der Waals surface area contributed by atoms with E-state index in [1.165, 1.54) is 0 Å². The van der Waals surface area contributed by atoms with Crippen molar-refractivity contribution < 1.29 is 18.7 Å². The first-order chi connectivity index (χ1) is 11.8. The highest BCUT2D eigenvalue weighted by Crippen LogP contribution is 2.36. The molecule has 7 heteroatoms. The zero-order chi connectivity index (χ0) is 18.2. The molecule has 0 atom stereocenters. The smallest absolute Gasteiger partial charge is 0.410 e. The van der Waals surface area contributed by atoms with Gasteiger partial charge in [0.2, 0.25) is 11.8 Å². The number of amides is 1. The number of ether oxygens (including phenoxy) is 2. The molecule has 1 saturated heterocycles. The van der Waals surface area contributed by atoms with Crippen molar-refractivity contribution in [3.63, 3.8) is 0 Å². The zero-order valence-corrected chi connectivity index (χ0v) is 15.2. The fraction of sp³-hybridized carbons (Fsp3) is 0.500. The van der Waals surface area contributed by atoms with Crippen LogP contribution in [0.1, 0.15) is 38.1 Å². The predicted octanol–water partition coefficient (Wildman–Crippen LogP) is 3.39. The number of rotatable bonds is 3. The average molecular weight is 345 g/mol. The van der Waals surface area contributed by atoms with Crippen molar-refractivity contribution in [3.8, 4) is 17.2 Å². The van der Waals surface area contributed by atoms with E-state index in [0.717, 1.165) is 16.9 Å². The van der Waals surface area contributed by atoms with Crippen LogP contribution in [0.5, 0.6) is 5.75 Å². The maximum atomic E-state index is 12.1. The molecule has 1 fully saturated rings. The summed E-state index contributed by atoms with van der Waals surface area (Å²) in [6.45, 7) is 8.53. The fourth-order valence-corrected chi connectivity index (χ4v) is 2.75. The number of aromatic nitrogens is 2. The third-order valence-corrected chi connectivity index (χ3v) is 3.98. The number of nitrogens with zero attached hydrogens (tertiary/aromatic N) is 3. The van der Waals surface area contributed by atoms with Gasteiger partial charge in [-0.25, -0.2) is 4.79 Å². The predicted molar refractivity (Wildman–Crippen MR) is 91.6 cm³/mol. The second-order valence-corrected chi connectivity index (χ2v) is 7.17. The number of benzene rings is 1. The number of methoxy groups -OCH3 is 1. The largest absolute Gasteiger partial charge is 0.496 e. The summed E-state index contributed by atoms with van der Waals surface area (Å²) in [5, 5.41) is 7.92. The first-order valence-electron chi connectivity index (χ1n) is 8.23. The van der Waals surface area contributed by atoms with Crippen molar-refractivity contribution in [2.45, 2.75) is 39.2 Å². The van der Waals surface area contributed by atoms with Gasteiger partial charge in [0, 0.05) is 37.1 Å². The molecule has 0 radical (unpaired) electrons. The van der Waals surface area contributed by atoms with Gasteiger partial charge in [-0.2, -0.15) is 0 Å². The Morgan fingerprint density at radius 1 is 1.28 bits per heavy atom. The van der Waals surface area contributed by atoms with E-state index in [1.54, 1.807) is 18.9 Å². The lowest BCUT2D eigenvalue weighted by Gasteiger charge is -2.40. The van der Waals surface area contributed by atoms with E-state index in [1.807, 2.05) is 39.0 Å². The molecule has 0 aliphatic carbocycles. The third kappa shape index (κ3) is 3.75. The van der Waals surface area contributed by atoms with Crippen LogP contribution in [0.4, 0.5) is 4.79 Å². The van der Waals surface area contributed by atoms with Crippen LogP contribution in [-0.2, 0) is 4.74 Å². The zero-order valence-electron chi connectivity index (χ0n) is 15.2. The van der Waals surface area contributed by atoms with Gasteiger partial charge in [-0.15, -0.1) is 10.2 Å². The molecular formula is C18H23N3O4. The Morgan fingerprint density at radius 3 is 2.56 bits per heavy atom. The van der Waals surface area contributed by atoms with Crippen molar-refractivity contribution >= 4 is 6.09 Å². The molecule has 1 aromatic heterocycles. The van der Waals surface area contributed by atoms with E-state index < -0.39 is 5.60 Å². The van der Waals surface area contributed by atoms with Gasteiger partial charge < -0.3 is 18.8 Å². The minimum atomic E-state index is -0.490. The van der Waals surface area contributed by atoms with E-state index in [4.69, 9.17) is 13.9 Å². The molecule has 0 spiro atoms. The Labute approximate surface area is 146 Å². The van der Waals surface area contributed by atoms with Crippen LogP contribution in [0.15, 0.2) is 22.6 Å². The average Bonchev–Trinajstić information content (AvgIpc) is 2.90. The molecule has 134 valence electrons. The highest BCUT2D eigenvalue weighted by Gasteiger charge is 2.36. The van der Waals surface area contributed by atoms with Crippen LogP contribution in [0.25, 0.3) is 11.5 Å². The van der Waals surface area contributed by atoms with Crippen LogP contribution in [0.3, 0.4) is 0 Å². The molecule has 1 aliphatic heterocycles. The highest BCUT2D eigenvalue weighted by molar-refractivity contribution is 5.70. The number of carbonyl (C=O) groups excluding carboxylic acids is 1. The molecule has 3 rings (SSSR count). The highest BCUT2D eigenvalue weighted by atomic mass is 16.6. The van der Waals surface area contributed by atoms with Gasteiger partial charge in [0.15, 0.2) is 0 Å². The van der Waals surface area contributed by atoms with E-state index >= 15 is 0 Å². The first kappa shape index (κ1) is 17.3. The normalized spacial score (nSPS) is 15.0. The van der Waals surface area contributed by atoms with Crippen molar-refractivity contribution in [2.75, 3.05) is 20.2 Å². The molecule has 7 nitrogen and oxygen atoms in total. The summed E-state index contributed by atoms with van der Waals surface area (Å²) in [5.41, 5.74) is 1.37. The van der Waals surface area contributed by atoms with Crippen LogP contribution in [-0.4, -0.2) is 47.0 Å². The van der Waals surface area contributed by atoms with Crippen LogP contribution < -0.4 is 4.74 Å². The second-order valence-electron chi connectivity index (χ2n) is 7.17. The Balaban J connectivity index is 1.75. The number of hydrogen-bond acceptors (Lipinski definition) is 6. The van der Waals surface area contributed by atoms with E-state index in [0.29, 0.717) is 24.9 Å². The van der Waals surface area contributed by atoms with Crippen molar-refractivity contribution in [3.05, 3.63) is 29.7 Å². The lowest BCUT2D eigenvalue weighted by Crippen LogP contribution is -2.50. The number of hydrogen-bond donors (Lipinski definition) is 0. The van der Waals surface area contributed by atoms with Gasteiger partial charge in [0.05, 0.1) is 7.11 Å². The maximum Gasteiger partial charge on any atom is 0.410 e. The summed E-state index contributed by atoms with van der Waals surface area (Å²) in [7, 11) is 1.64. The van der Waals surface area contributed by atoms with Crippen molar-refractivity contribution in [1.82, 2.24) is 15.1 Å². The Morgan fingerprint density at radius 2 is 2.00 bits per heavy atom. The van der Waals surface area contributed by atoms with Crippen molar-refractivity contribution in [2.24, 2.45) is 0 Å². The molecule has 1 aromatic carbocycles. The molecule has 1 aliphatic rings. The molecule has 0 bridgehead atoms. The van der Waals surface area contributed by atoms with Gasteiger partial charge in [0.25, 0.3) is 0 Å². The molecule has 2 aromatic rings. The first-order valence-corrected chi connectivity index (χ1v) is 8.23. The van der Waals surface area contributed by atoms with Gasteiger partial charge in [-0.1, -0.05) is 0 Å². The number of carbonyl (C=O) groups is 1. The molecular weight excluding hydrogens is 322 g/mol. The Hall–Kier alpha value is -2.57. The van der Waals surface area contributed by atoms with E-state index in [9.17, 15) is 4.79 Å². The minimum Gasteiger partial charge on any atom is -0.496 e. The summed E-state index contributed by atoms with van der Waals surface area (Å²) in [6, 6.07) is 5.77. The topological polar surface area (TPSA) is 77.7 Å². The molecule has 0 saturated carbocycles. The van der Waals surface area contributed by atoms with E-state index in [-0.39, 0.29) is 12.0 Å². The van der Waals surface area contributed by atoms with Crippen LogP contribution >= 0.6 is 0 Å². The summed E-state index contributed by atoms with van der Waals surface area (Å²) in [4.78, 5) is 13.8. The fourth-order valence-electron chi connectivity index (χ4n) is 2.75. The van der Waals surface area contributed by atoms with Gasteiger partial charge in [-0.3, -0.25) is 0 Å². The summed E-state index contributed by atoms with van der Waals surface area (Å²) in [5.74, 6) is 1.97. The van der Waals surface area contributed by atoms with E-state index in [2.05, 4.69) is 10.2 Å². The molecule has 1 amide bonds. The van der Waals surface area contributed by atoms with Gasteiger partial charge >= 0.3 is 6.09 Å². The molecule has 25 heavy (non-hydrogen) atoms.